The highest BCUT2D eigenvalue weighted by atomic mass is 16.1. The summed E-state index contributed by atoms with van der Waals surface area (Å²) in [4.78, 5) is 25.9. The van der Waals surface area contributed by atoms with Gasteiger partial charge in [0.05, 0.1) is 5.69 Å². The first kappa shape index (κ1) is 23.9. The predicted molar refractivity (Wildman–Crippen MR) is 135 cm³/mol. The average molecular weight is 459 g/mol. The maximum absolute atomic E-state index is 12.0. The Bertz CT molecular complexity index is 1180. The summed E-state index contributed by atoms with van der Waals surface area (Å²) in [5.74, 6) is -0.0565. The van der Waals surface area contributed by atoms with Crippen molar-refractivity contribution in [3.05, 3.63) is 76.0 Å². The number of aromatic amines is 1. The predicted octanol–water partition coefficient (Wildman–Crippen LogP) is 4.79. The highest BCUT2D eigenvalue weighted by Gasteiger charge is 2.29. The summed E-state index contributed by atoms with van der Waals surface area (Å²) in [6, 6.07) is 13.7. The molecule has 0 fully saturated rings. The summed E-state index contributed by atoms with van der Waals surface area (Å²) in [5.41, 5.74) is 8.37. The van der Waals surface area contributed by atoms with Crippen LogP contribution in [-0.4, -0.2) is 40.9 Å². The van der Waals surface area contributed by atoms with Crippen molar-refractivity contribution in [2.75, 3.05) is 13.6 Å². The fraction of sp³-hybridized carbons (Fsp3) is 0.393. The molecule has 34 heavy (non-hydrogen) atoms. The zero-order valence-corrected chi connectivity index (χ0v) is 20.6. The number of rotatable bonds is 8. The normalized spacial score (nSPS) is 14.6. The number of fused-ring (bicyclic) bond motifs is 1. The van der Waals surface area contributed by atoms with Gasteiger partial charge >= 0.3 is 0 Å². The number of H-pyrrole nitrogens is 1. The molecule has 178 valence electrons. The standard InChI is InChI=1S/C28H34N4O2/c1-5-29-27(34)20-8-6-19(7-9-20)16-32(4)17-23-14-21(10-11-22(23)18-33)26-24-12-13-28(2,3)15-25(24)30-31-26/h6-11,14,18H,5,12-13,15-17H2,1-4H3,(H,29,34)(H,30,31). The minimum Gasteiger partial charge on any atom is -0.352 e. The van der Waals surface area contributed by atoms with Gasteiger partial charge in [-0.05, 0) is 68.0 Å². The molecule has 0 radical (unpaired) electrons. The minimum absolute atomic E-state index is 0.0565. The summed E-state index contributed by atoms with van der Waals surface area (Å²) < 4.78 is 0. The van der Waals surface area contributed by atoms with Gasteiger partial charge in [-0.1, -0.05) is 38.1 Å². The molecule has 3 aromatic rings. The van der Waals surface area contributed by atoms with E-state index in [1.807, 2.05) is 50.4 Å². The van der Waals surface area contributed by atoms with Crippen LogP contribution in [0.2, 0.25) is 0 Å². The van der Waals surface area contributed by atoms with E-state index < -0.39 is 0 Å². The Morgan fingerprint density at radius 2 is 1.94 bits per heavy atom. The third-order valence-corrected chi connectivity index (χ3v) is 6.65. The smallest absolute Gasteiger partial charge is 0.251 e. The molecule has 0 saturated carbocycles. The number of nitrogens with zero attached hydrogens (tertiary/aromatic N) is 2. The minimum atomic E-state index is -0.0565. The summed E-state index contributed by atoms with van der Waals surface area (Å²) in [6.45, 7) is 8.48. The third kappa shape index (κ3) is 5.28. The number of carbonyl (C=O) groups is 2. The molecule has 0 spiro atoms. The van der Waals surface area contributed by atoms with Crippen molar-refractivity contribution in [3.63, 3.8) is 0 Å². The lowest BCUT2D eigenvalue weighted by Gasteiger charge is -2.29. The van der Waals surface area contributed by atoms with Crippen LogP contribution in [0.4, 0.5) is 0 Å². The molecule has 0 atom stereocenters. The molecule has 4 rings (SSSR count). The first-order valence-electron chi connectivity index (χ1n) is 12.0. The van der Waals surface area contributed by atoms with Crippen LogP contribution in [0, 0.1) is 5.41 Å². The van der Waals surface area contributed by atoms with Gasteiger partial charge in [0.25, 0.3) is 5.91 Å². The van der Waals surface area contributed by atoms with E-state index in [9.17, 15) is 9.59 Å². The highest BCUT2D eigenvalue weighted by Crippen LogP contribution is 2.38. The van der Waals surface area contributed by atoms with E-state index in [2.05, 4.69) is 40.3 Å². The number of hydrogen-bond donors (Lipinski definition) is 2. The summed E-state index contributed by atoms with van der Waals surface area (Å²) >= 11 is 0. The number of carbonyl (C=O) groups excluding carboxylic acids is 2. The molecule has 0 aliphatic heterocycles. The number of aromatic nitrogens is 2. The first-order chi connectivity index (χ1) is 16.3. The van der Waals surface area contributed by atoms with Gasteiger partial charge < -0.3 is 5.32 Å². The largest absolute Gasteiger partial charge is 0.352 e. The van der Waals surface area contributed by atoms with Gasteiger partial charge in [0.15, 0.2) is 0 Å². The molecule has 1 amide bonds. The Hall–Kier alpha value is -3.25. The second-order valence-corrected chi connectivity index (χ2v) is 10.1. The monoisotopic (exact) mass is 458 g/mol. The lowest BCUT2D eigenvalue weighted by Crippen LogP contribution is -2.22. The van der Waals surface area contributed by atoms with Crippen molar-refractivity contribution < 1.29 is 9.59 Å². The van der Waals surface area contributed by atoms with Gasteiger partial charge in [0, 0.05) is 47.6 Å². The first-order valence-corrected chi connectivity index (χ1v) is 12.0. The fourth-order valence-electron chi connectivity index (χ4n) is 4.77. The van der Waals surface area contributed by atoms with Gasteiger partial charge in [-0.15, -0.1) is 0 Å². The van der Waals surface area contributed by atoms with Crippen molar-refractivity contribution in [3.8, 4) is 11.3 Å². The van der Waals surface area contributed by atoms with E-state index in [-0.39, 0.29) is 5.91 Å². The van der Waals surface area contributed by atoms with Crippen LogP contribution in [0.1, 0.15) is 70.3 Å². The van der Waals surface area contributed by atoms with Crippen molar-refractivity contribution >= 4 is 12.2 Å². The van der Waals surface area contributed by atoms with Crippen molar-refractivity contribution in [1.29, 1.82) is 0 Å². The molecule has 1 aliphatic rings. The van der Waals surface area contributed by atoms with Gasteiger partial charge in [0.2, 0.25) is 0 Å². The Labute approximate surface area is 201 Å². The Balaban J connectivity index is 1.50. The second-order valence-electron chi connectivity index (χ2n) is 10.1. The second kappa shape index (κ2) is 9.94. The molecule has 2 aromatic carbocycles. The van der Waals surface area contributed by atoms with Crippen molar-refractivity contribution in [2.45, 2.75) is 53.1 Å². The molecule has 2 N–H and O–H groups in total. The van der Waals surface area contributed by atoms with E-state index in [1.165, 1.54) is 11.3 Å². The summed E-state index contributed by atoms with van der Waals surface area (Å²) in [5, 5.41) is 10.7. The summed E-state index contributed by atoms with van der Waals surface area (Å²) in [7, 11) is 2.04. The molecule has 6 heteroatoms. The lowest BCUT2D eigenvalue weighted by molar-refractivity contribution is 0.0955. The van der Waals surface area contributed by atoms with Crippen LogP contribution >= 0.6 is 0 Å². The summed E-state index contributed by atoms with van der Waals surface area (Å²) in [6.07, 6.45) is 4.10. The zero-order valence-electron chi connectivity index (χ0n) is 20.6. The average Bonchev–Trinajstić information content (AvgIpc) is 3.21. The number of amides is 1. The van der Waals surface area contributed by atoms with Crippen LogP contribution in [0.15, 0.2) is 42.5 Å². The zero-order chi connectivity index (χ0) is 24.3. The van der Waals surface area contributed by atoms with E-state index >= 15 is 0 Å². The van der Waals surface area contributed by atoms with Gasteiger partial charge in [-0.2, -0.15) is 5.10 Å². The quantitative estimate of drug-likeness (QED) is 0.476. The molecular formula is C28H34N4O2. The number of hydrogen-bond acceptors (Lipinski definition) is 4. The highest BCUT2D eigenvalue weighted by molar-refractivity contribution is 5.94. The molecule has 0 bridgehead atoms. The fourth-order valence-corrected chi connectivity index (χ4v) is 4.77. The van der Waals surface area contributed by atoms with Crippen LogP contribution < -0.4 is 5.32 Å². The maximum Gasteiger partial charge on any atom is 0.251 e. The number of benzene rings is 2. The van der Waals surface area contributed by atoms with Gasteiger partial charge in [-0.3, -0.25) is 19.6 Å². The SMILES string of the molecule is CCNC(=O)c1ccc(CN(C)Cc2cc(-c3n[nH]c4c3CCC(C)(C)C4)ccc2C=O)cc1. The molecule has 0 saturated heterocycles. The van der Waals surface area contributed by atoms with Crippen molar-refractivity contribution in [1.82, 2.24) is 20.4 Å². The molecule has 1 aliphatic carbocycles. The van der Waals surface area contributed by atoms with Gasteiger partial charge in [0.1, 0.15) is 6.29 Å². The van der Waals surface area contributed by atoms with E-state index in [4.69, 9.17) is 0 Å². The van der Waals surface area contributed by atoms with Crippen LogP contribution in [0.5, 0.6) is 0 Å². The maximum atomic E-state index is 12.0. The van der Waals surface area contributed by atoms with Crippen molar-refractivity contribution in [2.24, 2.45) is 5.41 Å². The van der Waals surface area contributed by atoms with Crippen LogP contribution in [0.25, 0.3) is 11.3 Å². The third-order valence-electron chi connectivity index (χ3n) is 6.65. The number of nitrogens with one attached hydrogen (secondary N) is 2. The molecule has 1 aromatic heterocycles. The molecule has 0 unspecified atom stereocenters. The number of aldehydes is 1. The topological polar surface area (TPSA) is 78.1 Å². The molecular weight excluding hydrogens is 424 g/mol. The van der Waals surface area contributed by atoms with Crippen LogP contribution in [0.3, 0.4) is 0 Å². The van der Waals surface area contributed by atoms with Gasteiger partial charge in [-0.25, -0.2) is 0 Å². The van der Waals surface area contributed by atoms with Crippen LogP contribution in [-0.2, 0) is 25.9 Å². The lowest BCUT2D eigenvalue weighted by atomic mass is 9.76. The Kier molecular flexibility index (Phi) is 6.98. The van der Waals surface area contributed by atoms with E-state index in [0.29, 0.717) is 36.2 Å². The molecule has 6 nitrogen and oxygen atoms in total. The Morgan fingerprint density at radius 1 is 1.18 bits per heavy atom. The van der Waals surface area contributed by atoms with E-state index in [0.717, 1.165) is 47.9 Å². The molecule has 1 heterocycles. The Morgan fingerprint density at radius 3 is 2.65 bits per heavy atom. The van der Waals surface area contributed by atoms with E-state index in [1.54, 1.807) is 0 Å².